The maximum Gasteiger partial charge on any atom is 3.00 e. The molecule has 5 heteroatoms. The SMILES string of the molecule is Cc1ccccc1S(=O)(=O)O.[La+3]. The second-order valence-electron chi connectivity index (χ2n) is 2.24. The van der Waals surface area contributed by atoms with E-state index >= 15 is 0 Å². The summed E-state index contributed by atoms with van der Waals surface area (Å²) in [4.78, 5) is -0.0278. The van der Waals surface area contributed by atoms with Gasteiger partial charge in [0.1, 0.15) is 0 Å². The molecule has 1 rings (SSSR count). The number of rotatable bonds is 1. The molecule has 0 radical (unpaired) electrons. The van der Waals surface area contributed by atoms with Gasteiger partial charge in [0.05, 0.1) is 4.90 Å². The molecule has 0 aliphatic heterocycles. The average Bonchev–Trinajstić information content (AvgIpc) is 1.86. The van der Waals surface area contributed by atoms with Gasteiger partial charge in [0.2, 0.25) is 0 Å². The van der Waals surface area contributed by atoms with E-state index < -0.39 is 10.1 Å². The zero-order valence-corrected chi connectivity index (χ0v) is 11.0. The third-order valence-corrected chi connectivity index (χ3v) is 2.39. The Morgan fingerprint density at radius 3 is 2.08 bits per heavy atom. The van der Waals surface area contributed by atoms with Crippen LogP contribution in [0.4, 0.5) is 0 Å². The Morgan fingerprint density at radius 1 is 1.25 bits per heavy atom. The van der Waals surface area contributed by atoms with Crippen molar-refractivity contribution < 1.29 is 48.6 Å². The van der Waals surface area contributed by atoms with Crippen molar-refractivity contribution in [1.29, 1.82) is 0 Å². The van der Waals surface area contributed by atoms with Crippen molar-refractivity contribution in [2.75, 3.05) is 0 Å². The molecule has 0 fully saturated rings. The molecule has 0 aliphatic rings. The van der Waals surface area contributed by atoms with Crippen molar-refractivity contribution >= 4 is 10.1 Å². The first kappa shape index (κ1) is 12.3. The molecule has 0 atom stereocenters. The fraction of sp³-hybridized carbons (Fsp3) is 0.143. The van der Waals surface area contributed by atoms with Gasteiger partial charge in [-0.25, -0.2) is 0 Å². The smallest absolute Gasteiger partial charge is 0.282 e. The van der Waals surface area contributed by atoms with E-state index in [4.69, 9.17) is 4.55 Å². The van der Waals surface area contributed by atoms with Crippen LogP contribution in [0.3, 0.4) is 0 Å². The predicted molar refractivity (Wildman–Crippen MR) is 41.0 cm³/mol. The van der Waals surface area contributed by atoms with Crippen LogP contribution >= 0.6 is 0 Å². The molecule has 1 aromatic carbocycles. The van der Waals surface area contributed by atoms with Crippen LogP contribution in [0.25, 0.3) is 0 Å². The Bertz CT molecular complexity index is 359. The molecule has 0 saturated carbocycles. The summed E-state index contributed by atoms with van der Waals surface area (Å²) in [5.74, 6) is 0. The molecule has 0 unspecified atom stereocenters. The van der Waals surface area contributed by atoms with Crippen LogP contribution < -0.4 is 0 Å². The van der Waals surface area contributed by atoms with Crippen molar-refractivity contribution in [3.63, 3.8) is 0 Å². The summed E-state index contributed by atoms with van der Waals surface area (Å²) < 4.78 is 29.9. The van der Waals surface area contributed by atoms with Crippen LogP contribution in [-0.4, -0.2) is 13.0 Å². The molecule has 0 bridgehead atoms. The van der Waals surface area contributed by atoms with Crippen molar-refractivity contribution in [1.82, 2.24) is 0 Å². The molecular weight excluding hydrogens is 303 g/mol. The van der Waals surface area contributed by atoms with E-state index in [0.29, 0.717) is 5.56 Å². The van der Waals surface area contributed by atoms with Crippen LogP contribution in [0.15, 0.2) is 29.2 Å². The maximum atomic E-state index is 10.6. The van der Waals surface area contributed by atoms with E-state index in [-0.39, 0.29) is 40.5 Å². The summed E-state index contributed by atoms with van der Waals surface area (Å²) in [6, 6.07) is 6.27. The standard InChI is InChI=1S/C7H8O3S.La/c1-6-4-2-3-5-7(6)11(8,9)10;/h2-5H,1H3,(H,8,9,10);/q;+3. The molecule has 0 aliphatic carbocycles. The molecule has 1 aromatic rings. The Balaban J connectivity index is 0.00000121. The molecule has 0 heterocycles. The van der Waals surface area contributed by atoms with E-state index in [1.165, 1.54) is 6.07 Å². The van der Waals surface area contributed by atoms with Gasteiger partial charge in [-0.2, -0.15) is 8.42 Å². The monoisotopic (exact) mass is 311 g/mol. The molecular formula is C7H8LaO3S+3. The summed E-state index contributed by atoms with van der Waals surface area (Å²) >= 11 is 0. The number of aryl methyl sites for hydroxylation is 1. The van der Waals surface area contributed by atoms with E-state index in [1.807, 2.05) is 0 Å². The third-order valence-electron chi connectivity index (χ3n) is 1.37. The van der Waals surface area contributed by atoms with Gasteiger partial charge >= 0.3 is 35.6 Å². The molecule has 12 heavy (non-hydrogen) atoms. The average molecular weight is 311 g/mol. The van der Waals surface area contributed by atoms with Gasteiger partial charge < -0.3 is 0 Å². The van der Waals surface area contributed by atoms with Crippen LogP contribution in [0.1, 0.15) is 5.56 Å². The second kappa shape index (κ2) is 4.53. The van der Waals surface area contributed by atoms with Crippen LogP contribution in [-0.2, 0) is 10.1 Å². The van der Waals surface area contributed by atoms with Gasteiger partial charge in [0.25, 0.3) is 10.1 Å². The van der Waals surface area contributed by atoms with Gasteiger partial charge in [-0.1, -0.05) is 18.2 Å². The first-order chi connectivity index (χ1) is 5.02. The number of hydrogen-bond acceptors (Lipinski definition) is 2. The molecule has 0 amide bonds. The summed E-state index contributed by atoms with van der Waals surface area (Å²) in [5, 5.41) is 0. The van der Waals surface area contributed by atoms with Gasteiger partial charge in [0, 0.05) is 0 Å². The van der Waals surface area contributed by atoms with E-state index in [1.54, 1.807) is 25.1 Å². The number of benzene rings is 1. The van der Waals surface area contributed by atoms with Gasteiger partial charge in [-0.15, -0.1) is 0 Å². The van der Waals surface area contributed by atoms with Crippen molar-refractivity contribution in [3.05, 3.63) is 29.8 Å². The largest absolute Gasteiger partial charge is 3.00 e. The Morgan fingerprint density at radius 2 is 1.75 bits per heavy atom. The zero-order chi connectivity index (χ0) is 8.48. The maximum absolute atomic E-state index is 10.6. The summed E-state index contributed by atoms with van der Waals surface area (Å²) in [5.41, 5.74) is 0.551. The van der Waals surface area contributed by atoms with E-state index in [9.17, 15) is 8.42 Å². The van der Waals surface area contributed by atoms with Gasteiger partial charge in [-0.3, -0.25) is 4.55 Å². The first-order valence-electron chi connectivity index (χ1n) is 3.05. The summed E-state index contributed by atoms with van der Waals surface area (Å²) in [6.45, 7) is 1.63. The second-order valence-corrected chi connectivity index (χ2v) is 3.63. The van der Waals surface area contributed by atoms with Crippen LogP contribution in [0.2, 0.25) is 0 Å². The fourth-order valence-electron chi connectivity index (χ4n) is 0.846. The Hall–Kier alpha value is 0.325. The van der Waals surface area contributed by atoms with Crippen molar-refractivity contribution in [3.8, 4) is 0 Å². The van der Waals surface area contributed by atoms with Crippen LogP contribution in [0, 0.1) is 42.5 Å². The van der Waals surface area contributed by atoms with Crippen molar-refractivity contribution in [2.45, 2.75) is 11.8 Å². The Labute approximate surface area is 99.5 Å². The minimum atomic E-state index is -4.03. The molecule has 0 saturated heterocycles. The summed E-state index contributed by atoms with van der Waals surface area (Å²) in [7, 11) is -4.03. The van der Waals surface area contributed by atoms with Crippen LogP contribution in [0.5, 0.6) is 0 Å². The minimum absolute atomic E-state index is 0. The quantitative estimate of drug-likeness (QED) is 0.794. The molecule has 0 spiro atoms. The fourth-order valence-corrected chi connectivity index (χ4v) is 1.57. The predicted octanol–water partition coefficient (Wildman–Crippen LogP) is 1.24. The number of hydrogen-bond donors (Lipinski definition) is 1. The molecule has 3 nitrogen and oxygen atoms in total. The normalized spacial score (nSPS) is 10.5. The minimum Gasteiger partial charge on any atom is -0.282 e. The topological polar surface area (TPSA) is 54.4 Å². The van der Waals surface area contributed by atoms with Crippen molar-refractivity contribution in [2.24, 2.45) is 0 Å². The summed E-state index contributed by atoms with van der Waals surface area (Å²) in [6.07, 6.45) is 0. The zero-order valence-electron chi connectivity index (χ0n) is 6.56. The molecule has 0 aromatic heterocycles. The van der Waals surface area contributed by atoms with E-state index in [2.05, 4.69) is 0 Å². The van der Waals surface area contributed by atoms with E-state index in [0.717, 1.165) is 0 Å². The Kier molecular flexibility index (Phi) is 4.65. The molecule has 1 N–H and O–H groups in total. The van der Waals surface area contributed by atoms with Gasteiger partial charge in [-0.05, 0) is 18.6 Å². The third kappa shape index (κ3) is 2.99. The first-order valence-corrected chi connectivity index (χ1v) is 4.49. The van der Waals surface area contributed by atoms with Gasteiger partial charge in [0.15, 0.2) is 0 Å². The molecule has 60 valence electrons.